The zero-order valence-electron chi connectivity index (χ0n) is 11.0. The summed E-state index contributed by atoms with van der Waals surface area (Å²) in [7, 11) is 1.54. The summed E-state index contributed by atoms with van der Waals surface area (Å²) in [6, 6.07) is 5.03. The van der Waals surface area contributed by atoms with Crippen molar-refractivity contribution < 1.29 is 9.53 Å². The maximum absolute atomic E-state index is 12.0. The first-order chi connectivity index (χ1) is 9.67. The van der Waals surface area contributed by atoms with Gasteiger partial charge in [0.25, 0.3) is 5.91 Å². The van der Waals surface area contributed by atoms with Crippen LogP contribution < -0.4 is 15.8 Å². The Kier molecular flexibility index (Phi) is 3.02. The summed E-state index contributed by atoms with van der Waals surface area (Å²) in [4.78, 5) is 16.2. The summed E-state index contributed by atoms with van der Waals surface area (Å²) in [5.74, 6) is 1.56. The van der Waals surface area contributed by atoms with Crippen LogP contribution in [-0.2, 0) is 0 Å². The van der Waals surface area contributed by atoms with E-state index in [1.165, 1.54) is 7.11 Å². The van der Waals surface area contributed by atoms with Crippen molar-refractivity contribution in [1.82, 2.24) is 15.2 Å². The fourth-order valence-electron chi connectivity index (χ4n) is 1.91. The lowest BCUT2D eigenvalue weighted by atomic mass is 10.2. The van der Waals surface area contributed by atoms with Gasteiger partial charge in [-0.1, -0.05) is 0 Å². The number of nitrogens with zero attached hydrogens (tertiary/aromatic N) is 2. The molecule has 1 saturated carbocycles. The van der Waals surface area contributed by atoms with E-state index in [4.69, 9.17) is 10.5 Å². The normalized spacial score (nSPS) is 14.1. The highest BCUT2D eigenvalue weighted by atomic mass is 16.5. The van der Waals surface area contributed by atoms with Crippen LogP contribution in [0.2, 0.25) is 0 Å². The molecule has 0 atom stereocenters. The van der Waals surface area contributed by atoms with E-state index in [1.807, 2.05) is 0 Å². The Morgan fingerprint density at radius 1 is 1.50 bits per heavy atom. The fourth-order valence-corrected chi connectivity index (χ4v) is 1.91. The van der Waals surface area contributed by atoms with Crippen LogP contribution in [0, 0.1) is 0 Å². The number of ether oxygens (including phenoxy) is 1. The van der Waals surface area contributed by atoms with Crippen molar-refractivity contribution >= 4 is 17.3 Å². The molecule has 7 nitrogen and oxygen atoms in total. The molecule has 3 rings (SSSR count). The smallest absolute Gasteiger partial charge is 0.295 e. The third kappa shape index (κ3) is 2.42. The van der Waals surface area contributed by atoms with Crippen LogP contribution in [0.4, 0.5) is 11.4 Å². The molecule has 0 spiro atoms. The average molecular weight is 273 g/mol. The zero-order chi connectivity index (χ0) is 14.1. The molecule has 0 radical (unpaired) electrons. The first-order valence-corrected chi connectivity index (χ1v) is 6.34. The van der Waals surface area contributed by atoms with E-state index in [1.54, 1.807) is 18.2 Å². The average Bonchev–Trinajstić information content (AvgIpc) is 3.16. The first-order valence-electron chi connectivity index (χ1n) is 6.34. The van der Waals surface area contributed by atoms with Gasteiger partial charge >= 0.3 is 0 Å². The second-order valence-electron chi connectivity index (χ2n) is 4.73. The molecule has 1 aromatic heterocycles. The SMILES string of the molecule is COc1ccc(NC(=O)c2n[nH]c(C3CC3)n2)cc1N. The molecule has 2 aromatic rings. The van der Waals surface area contributed by atoms with E-state index in [-0.39, 0.29) is 11.7 Å². The Morgan fingerprint density at radius 3 is 2.95 bits per heavy atom. The number of aromatic amines is 1. The van der Waals surface area contributed by atoms with Crippen LogP contribution >= 0.6 is 0 Å². The summed E-state index contributed by atoms with van der Waals surface area (Å²) < 4.78 is 5.06. The van der Waals surface area contributed by atoms with Crippen molar-refractivity contribution in [3.63, 3.8) is 0 Å². The van der Waals surface area contributed by atoms with Crippen LogP contribution in [0.1, 0.15) is 35.2 Å². The molecule has 1 aliphatic carbocycles. The lowest BCUT2D eigenvalue weighted by molar-refractivity contribution is 0.101. The van der Waals surface area contributed by atoms with Gasteiger partial charge in [-0.15, -0.1) is 5.10 Å². The minimum atomic E-state index is -0.363. The molecule has 0 aliphatic heterocycles. The standard InChI is InChI=1S/C13H15N5O2/c1-20-10-5-4-8(6-9(10)14)15-13(19)12-16-11(17-18-12)7-2-3-7/h4-7H,2-3,14H2,1H3,(H,15,19)(H,16,17,18). The van der Waals surface area contributed by atoms with Crippen molar-refractivity contribution in [3.8, 4) is 5.75 Å². The number of nitrogens with one attached hydrogen (secondary N) is 2. The minimum Gasteiger partial charge on any atom is -0.495 e. The quantitative estimate of drug-likeness (QED) is 0.732. The number of anilines is 2. The molecular weight excluding hydrogens is 258 g/mol. The van der Waals surface area contributed by atoms with Crippen molar-refractivity contribution in [2.45, 2.75) is 18.8 Å². The predicted octanol–water partition coefficient (Wildman–Crippen LogP) is 1.53. The summed E-state index contributed by atoms with van der Waals surface area (Å²) in [5.41, 5.74) is 6.82. The molecule has 4 N–H and O–H groups in total. The number of hydrogen-bond acceptors (Lipinski definition) is 5. The van der Waals surface area contributed by atoms with Gasteiger partial charge in [-0.25, -0.2) is 4.98 Å². The van der Waals surface area contributed by atoms with Gasteiger partial charge in [0.05, 0.1) is 12.8 Å². The Morgan fingerprint density at radius 2 is 2.30 bits per heavy atom. The van der Waals surface area contributed by atoms with Crippen LogP contribution in [-0.4, -0.2) is 28.2 Å². The Hall–Kier alpha value is -2.57. The summed E-state index contributed by atoms with van der Waals surface area (Å²) in [6.07, 6.45) is 2.20. The number of nitrogen functional groups attached to an aromatic ring is 1. The number of hydrogen-bond donors (Lipinski definition) is 3. The predicted molar refractivity (Wildman–Crippen MR) is 73.7 cm³/mol. The molecule has 0 saturated heterocycles. The first kappa shape index (κ1) is 12.5. The van der Waals surface area contributed by atoms with Crippen LogP contribution in [0.5, 0.6) is 5.75 Å². The third-order valence-electron chi connectivity index (χ3n) is 3.16. The second kappa shape index (κ2) is 4.84. The zero-order valence-corrected chi connectivity index (χ0v) is 11.0. The van der Waals surface area contributed by atoms with E-state index in [9.17, 15) is 4.79 Å². The van der Waals surface area contributed by atoms with Gasteiger partial charge in [0.2, 0.25) is 5.82 Å². The van der Waals surface area contributed by atoms with E-state index >= 15 is 0 Å². The van der Waals surface area contributed by atoms with Gasteiger partial charge in [-0.3, -0.25) is 9.89 Å². The van der Waals surface area contributed by atoms with Gasteiger partial charge in [-0.05, 0) is 31.0 Å². The highest BCUT2D eigenvalue weighted by Crippen LogP contribution is 2.37. The van der Waals surface area contributed by atoms with Gasteiger partial charge < -0.3 is 15.8 Å². The molecule has 1 aromatic carbocycles. The lowest BCUT2D eigenvalue weighted by Crippen LogP contribution is -2.14. The van der Waals surface area contributed by atoms with Crippen LogP contribution in [0.25, 0.3) is 0 Å². The molecule has 0 unspecified atom stereocenters. The number of rotatable bonds is 4. The molecule has 7 heteroatoms. The topological polar surface area (TPSA) is 106 Å². The Labute approximate surface area is 115 Å². The van der Waals surface area contributed by atoms with Gasteiger partial charge in [-0.2, -0.15) is 0 Å². The minimum absolute atomic E-state index is 0.140. The maximum Gasteiger partial charge on any atom is 0.295 e. The Bertz CT molecular complexity index is 648. The number of methoxy groups -OCH3 is 1. The van der Waals surface area contributed by atoms with Crippen molar-refractivity contribution in [3.05, 3.63) is 29.8 Å². The highest BCUT2D eigenvalue weighted by molar-refractivity contribution is 6.01. The lowest BCUT2D eigenvalue weighted by Gasteiger charge is -2.07. The van der Waals surface area contributed by atoms with Crippen molar-refractivity contribution in [2.24, 2.45) is 0 Å². The van der Waals surface area contributed by atoms with E-state index in [2.05, 4.69) is 20.5 Å². The van der Waals surface area contributed by atoms with Crippen LogP contribution in [0.3, 0.4) is 0 Å². The van der Waals surface area contributed by atoms with Crippen molar-refractivity contribution in [1.29, 1.82) is 0 Å². The van der Waals surface area contributed by atoms with Crippen molar-refractivity contribution in [2.75, 3.05) is 18.2 Å². The summed E-state index contributed by atoms with van der Waals surface area (Å²) >= 11 is 0. The fraction of sp³-hybridized carbons (Fsp3) is 0.308. The number of nitrogens with two attached hydrogens (primary N) is 1. The molecule has 0 bridgehead atoms. The molecule has 1 aliphatic rings. The number of carbonyl (C=O) groups is 1. The molecule has 20 heavy (non-hydrogen) atoms. The largest absolute Gasteiger partial charge is 0.495 e. The number of carbonyl (C=O) groups excluding carboxylic acids is 1. The van der Waals surface area contributed by atoms with Gasteiger partial charge in [0.1, 0.15) is 11.6 Å². The number of amides is 1. The molecule has 1 amide bonds. The van der Waals surface area contributed by atoms with E-state index in [0.717, 1.165) is 18.7 Å². The summed E-state index contributed by atoms with van der Waals surface area (Å²) in [5, 5.41) is 9.43. The monoisotopic (exact) mass is 273 g/mol. The van der Waals surface area contributed by atoms with E-state index in [0.29, 0.717) is 23.0 Å². The molecule has 104 valence electrons. The highest BCUT2D eigenvalue weighted by Gasteiger charge is 2.28. The van der Waals surface area contributed by atoms with Gasteiger partial charge in [0.15, 0.2) is 0 Å². The van der Waals surface area contributed by atoms with Crippen LogP contribution in [0.15, 0.2) is 18.2 Å². The van der Waals surface area contributed by atoms with E-state index < -0.39 is 0 Å². The van der Waals surface area contributed by atoms with Gasteiger partial charge in [0, 0.05) is 11.6 Å². The summed E-state index contributed by atoms with van der Waals surface area (Å²) in [6.45, 7) is 0. The molecule has 1 heterocycles. The third-order valence-corrected chi connectivity index (χ3v) is 3.16. The second-order valence-corrected chi connectivity index (χ2v) is 4.73. The maximum atomic E-state index is 12.0. The Balaban J connectivity index is 1.72. The number of aromatic nitrogens is 3. The molecular formula is C13H15N5O2. The number of benzene rings is 1. The number of H-pyrrole nitrogens is 1. The molecule has 1 fully saturated rings.